The van der Waals surface area contributed by atoms with Crippen LogP contribution in [-0.2, 0) is 21.7 Å². The average Bonchev–Trinajstić information content (AvgIpc) is 3.86. The minimum atomic E-state index is -0.128. The topological polar surface area (TPSA) is 19.6 Å². The van der Waals surface area contributed by atoms with E-state index < -0.39 is 0 Å². The van der Waals surface area contributed by atoms with Crippen LogP contribution in [0.4, 0.5) is 34.1 Å². The van der Waals surface area contributed by atoms with Gasteiger partial charge in [0.1, 0.15) is 5.58 Å². The molecule has 1 aliphatic carbocycles. The van der Waals surface area contributed by atoms with Crippen LogP contribution in [0.15, 0.2) is 168 Å². The van der Waals surface area contributed by atoms with Crippen molar-refractivity contribution in [1.29, 1.82) is 0 Å². The number of furan rings is 1. The predicted octanol–water partition coefficient (Wildman–Crippen LogP) is 16.4. The van der Waals surface area contributed by atoms with E-state index in [9.17, 15) is 0 Å². The van der Waals surface area contributed by atoms with Crippen molar-refractivity contribution < 1.29 is 4.42 Å². The van der Waals surface area contributed by atoms with Gasteiger partial charge in [0, 0.05) is 50.5 Å². The quantitative estimate of drug-likeness (QED) is 0.164. The van der Waals surface area contributed by atoms with Crippen LogP contribution in [0.3, 0.4) is 0 Å². The molecule has 1 aromatic heterocycles. The summed E-state index contributed by atoms with van der Waals surface area (Å²) in [7, 11) is 0. The zero-order valence-corrected chi connectivity index (χ0v) is 43.0. The number of hydrogen-bond donors (Lipinski definition) is 0. The van der Waals surface area contributed by atoms with Gasteiger partial charge in [0.05, 0.1) is 6.26 Å². The molecule has 3 nitrogen and oxygen atoms in total. The molecule has 2 aliphatic heterocycles. The molecule has 0 bridgehead atoms. The van der Waals surface area contributed by atoms with Gasteiger partial charge >= 0.3 is 0 Å². The maximum atomic E-state index is 6.31. The summed E-state index contributed by atoms with van der Waals surface area (Å²) in [6.45, 7) is 28.0. The maximum Gasteiger partial charge on any atom is 0.252 e. The largest absolute Gasteiger partial charge is 0.464 e. The number of fused-ring (bicyclic) bond motifs is 8. The van der Waals surface area contributed by atoms with Crippen molar-refractivity contribution in [2.45, 2.75) is 105 Å². The highest BCUT2D eigenvalue weighted by Gasteiger charge is 2.45. The molecule has 8 aromatic carbocycles. The lowest BCUT2D eigenvalue weighted by atomic mass is 9.33. The molecule has 0 saturated heterocycles. The summed E-state index contributed by atoms with van der Waals surface area (Å²) in [5.41, 5.74) is 27.1. The molecular weight excluding hydrogens is 848 g/mol. The van der Waals surface area contributed by atoms with Gasteiger partial charge in [-0.05, 0) is 167 Å². The van der Waals surface area contributed by atoms with E-state index in [1.54, 1.807) is 0 Å². The first kappa shape index (κ1) is 44.2. The molecule has 3 heterocycles. The van der Waals surface area contributed by atoms with Crippen LogP contribution in [0.5, 0.6) is 0 Å². The molecule has 0 fully saturated rings. The van der Waals surface area contributed by atoms with E-state index in [0.29, 0.717) is 0 Å². The zero-order chi connectivity index (χ0) is 48.8. The van der Waals surface area contributed by atoms with Crippen LogP contribution >= 0.6 is 0 Å². The van der Waals surface area contributed by atoms with Gasteiger partial charge in [-0.25, -0.2) is 0 Å². The van der Waals surface area contributed by atoms with Crippen LogP contribution < -0.4 is 26.2 Å². The van der Waals surface area contributed by atoms with E-state index in [1.807, 2.05) is 6.26 Å². The van der Waals surface area contributed by atoms with E-state index in [1.165, 1.54) is 100 Å². The Kier molecular flexibility index (Phi) is 9.62. The van der Waals surface area contributed by atoms with Crippen molar-refractivity contribution in [3.8, 4) is 33.4 Å². The SMILES string of the molecule is Cc1cc2c3c(c1)N(c1cc(-c4ccc5c(c4)C(C)(C)c4ccccc4-5)cc(-c4coc5ccccc45)c1)c1ccc(C(C)(C)C)cc1B3c1cc(C(C)(C)C)ccc1N2c1ccc(C(C)(C)C)cc1. The van der Waals surface area contributed by atoms with Gasteiger partial charge in [0.25, 0.3) is 6.71 Å². The summed E-state index contributed by atoms with van der Waals surface area (Å²) in [4.78, 5) is 5.14. The number of anilines is 6. The zero-order valence-electron chi connectivity index (χ0n) is 43.0. The smallest absolute Gasteiger partial charge is 0.252 e. The monoisotopic (exact) mass is 911 g/mol. The van der Waals surface area contributed by atoms with E-state index in [0.717, 1.165) is 27.8 Å². The second-order valence-electron chi connectivity index (χ2n) is 24.0. The molecule has 0 saturated carbocycles. The lowest BCUT2D eigenvalue weighted by Gasteiger charge is -2.45. The average molecular weight is 911 g/mol. The van der Waals surface area contributed by atoms with Gasteiger partial charge in [-0.3, -0.25) is 0 Å². The fraction of sp³-hybridized carbons (Fsp3) is 0.242. The molecule has 70 heavy (non-hydrogen) atoms. The Morgan fingerprint density at radius 2 is 1.00 bits per heavy atom. The molecule has 9 aromatic rings. The highest BCUT2D eigenvalue weighted by molar-refractivity contribution is 7.00. The number of hydrogen-bond acceptors (Lipinski definition) is 3. The molecule has 346 valence electrons. The first-order valence-electron chi connectivity index (χ1n) is 25.3. The molecule has 0 spiro atoms. The van der Waals surface area contributed by atoms with Crippen molar-refractivity contribution in [1.82, 2.24) is 0 Å². The summed E-state index contributed by atoms with van der Waals surface area (Å²) in [5.74, 6) is 0. The van der Waals surface area contributed by atoms with Gasteiger partial charge in [0.15, 0.2) is 0 Å². The van der Waals surface area contributed by atoms with E-state index >= 15 is 0 Å². The third kappa shape index (κ3) is 6.84. The second-order valence-corrected chi connectivity index (χ2v) is 24.0. The minimum absolute atomic E-state index is 0.00240. The third-order valence-corrected chi connectivity index (χ3v) is 15.8. The van der Waals surface area contributed by atoms with Crippen molar-refractivity contribution in [3.63, 3.8) is 0 Å². The van der Waals surface area contributed by atoms with E-state index in [4.69, 9.17) is 4.42 Å². The van der Waals surface area contributed by atoms with Gasteiger partial charge in [0.2, 0.25) is 0 Å². The minimum Gasteiger partial charge on any atom is -0.464 e. The van der Waals surface area contributed by atoms with Crippen LogP contribution in [0.25, 0.3) is 44.3 Å². The molecular formula is C66H63BN2O. The van der Waals surface area contributed by atoms with Crippen LogP contribution in [0.2, 0.25) is 0 Å². The standard InChI is InChI=1S/C66H63BN2O/c1-40-31-59-62-60(32-40)69(48-34-42(33-43(35-48)52-39-70-61-20-16-14-18-51(52)61)41-21-28-50-49-17-13-15-19-53(49)66(11,12)54(50)36-41)58-30-25-46(65(8,9)10)38-56(58)67(62)55-37-45(64(5,6)7)24-29-57(55)68(59)47-26-22-44(23-27-47)63(2,3)4/h13-39H,1-12H3. The number of para-hydroxylation sites is 1. The fourth-order valence-electron chi connectivity index (χ4n) is 11.9. The lowest BCUT2D eigenvalue weighted by molar-refractivity contribution is 0.590. The molecule has 0 amide bonds. The molecule has 4 heteroatoms. The van der Waals surface area contributed by atoms with Gasteiger partial charge in [-0.15, -0.1) is 0 Å². The molecule has 0 atom stereocenters. The Morgan fingerprint density at radius 3 is 1.64 bits per heavy atom. The predicted molar refractivity (Wildman–Crippen MR) is 300 cm³/mol. The first-order valence-corrected chi connectivity index (χ1v) is 25.3. The Balaban J connectivity index is 1.15. The number of rotatable bonds is 4. The van der Waals surface area contributed by atoms with Gasteiger partial charge < -0.3 is 14.2 Å². The summed E-state index contributed by atoms with van der Waals surface area (Å²) >= 11 is 0. The van der Waals surface area contributed by atoms with Crippen LogP contribution in [0.1, 0.15) is 110 Å². The summed E-state index contributed by atoms with van der Waals surface area (Å²) in [6.07, 6.45) is 1.95. The molecule has 0 N–H and O–H groups in total. The lowest BCUT2D eigenvalue weighted by Crippen LogP contribution is -2.61. The second kappa shape index (κ2) is 15.2. The van der Waals surface area contributed by atoms with Crippen molar-refractivity contribution in [2.24, 2.45) is 0 Å². The van der Waals surface area contributed by atoms with Crippen LogP contribution in [-0.4, -0.2) is 6.71 Å². The molecule has 3 aliphatic rings. The third-order valence-electron chi connectivity index (χ3n) is 15.8. The van der Waals surface area contributed by atoms with Crippen molar-refractivity contribution in [3.05, 3.63) is 197 Å². The summed E-state index contributed by atoms with van der Waals surface area (Å²) < 4.78 is 6.31. The Labute approximate surface area is 415 Å². The van der Waals surface area contributed by atoms with Crippen molar-refractivity contribution in [2.75, 3.05) is 9.80 Å². The van der Waals surface area contributed by atoms with E-state index in [-0.39, 0.29) is 28.4 Å². The fourth-order valence-corrected chi connectivity index (χ4v) is 11.9. The Morgan fingerprint density at radius 1 is 0.443 bits per heavy atom. The normalized spacial score (nSPS) is 14.6. The number of nitrogens with zero attached hydrogens (tertiary/aromatic N) is 2. The van der Waals surface area contributed by atoms with Gasteiger partial charge in [-0.1, -0.05) is 167 Å². The molecule has 0 unspecified atom stereocenters. The number of aryl methyl sites for hydroxylation is 1. The number of benzene rings is 8. The summed E-state index contributed by atoms with van der Waals surface area (Å²) in [5, 5.41) is 1.11. The Hall–Kier alpha value is -7.04. The molecule has 0 radical (unpaired) electrons. The first-order chi connectivity index (χ1) is 33.3. The van der Waals surface area contributed by atoms with Gasteiger partial charge in [-0.2, -0.15) is 0 Å². The highest BCUT2D eigenvalue weighted by Crippen LogP contribution is 2.51. The van der Waals surface area contributed by atoms with Crippen LogP contribution in [0, 0.1) is 6.92 Å². The van der Waals surface area contributed by atoms with E-state index in [2.05, 4.69) is 251 Å². The summed E-state index contributed by atoms with van der Waals surface area (Å²) in [6, 6.07) is 60.6. The highest BCUT2D eigenvalue weighted by atomic mass is 16.3. The maximum absolute atomic E-state index is 6.31. The van der Waals surface area contributed by atoms with Crippen molar-refractivity contribution >= 4 is 68.2 Å². The molecule has 12 rings (SSSR count). The Bertz CT molecular complexity index is 3610.